The van der Waals surface area contributed by atoms with Crippen molar-refractivity contribution in [3.8, 4) is 0 Å². The smallest absolute Gasteiger partial charge is 0.0992 e. The van der Waals surface area contributed by atoms with Crippen LogP contribution in [0.4, 0.5) is 5.69 Å². The molecule has 6 rings (SSSR count). The summed E-state index contributed by atoms with van der Waals surface area (Å²) in [6.07, 6.45) is 11.5. The minimum Gasteiger partial charge on any atom is -0.388 e. The molecule has 3 aromatic heterocycles. The number of rotatable bonds is 4. The Morgan fingerprint density at radius 2 is 1.90 bits per heavy atom. The molecule has 6 heteroatoms. The van der Waals surface area contributed by atoms with Crippen LogP contribution in [0.5, 0.6) is 0 Å². The number of aliphatic hydroxyl groups excluding tert-OH is 1. The van der Waals surface area contributed by atoms with Crippen LogP contribution in [0, 0.1) is 5.92 Å². The number of piperidine rings is 1. The summed E-state index contributed by atoms with van der Waals surface area (Å²) in [5.74, 6) is 0.837. The Morgan fingerprint density at radius 1 is 1.06 bits per heavy atom. The number of aromatic nitrogens is 3. The van der Waals surface area contributed by atoms with Crippen LogP contribution in [0.1, 0.15) is 48.8 Å². The van der Waals surface area contributed by atoms with Crippen LogP contribution in [0.15, 0.2) is 55.2 Å². The zero-order valence-corrected chi connectivity index (χ0v) is 18.0. The molecule has 0 bridgehead atoms. The molecule has 1 aliphatic heterocycles. The molecule has 31 heavy (non-hydrogen) atoms. The van der Waals surface area contributed by atoms with Crippen molar-refractivity contribution in [2.24, 2.45) is 5.92 Å². The molecule has 1 aromatic carbocycles. The van der Waals surface area contributed by atoms with E-state index < -0.39 is 6.10 Å². The number of aliphatic hydroxyl groups is 1. The molecule has 2 fully saturated rings. The molecule has 5 nitrogen and oxygen atoms in total. The van der Waals surface area contributed by atoms with Gasteiger partial charge in [0.1, 0.15) is 0 Å². The predicted molar refractivity (Wildman–Crippen MR) is 124 cm³/mol. The molecule has 4 heterocycles. The number of nitrogens with zero attached hydrogens (tertiary/aromatic N) is 4. The van der Waals surface area contributed by atoms with E-state index in [-0.39, 0.29) is 5.92 Å². The van der Waals surface area contributed by atoms with Gasteiger partial charge >= 0.3 is 0 Å². The monoisotopic (exact) mass is 432 g/mol. The van der Waals surface area contributed by atoms with Crippen molar-refractivity contribution >= 4 is 33.7 Å². The molecule has 2 aliphatic rings. The van der Waals surface area contributed by atoms with E-state index in [1.807, 2.05) is 29.1 Å². The lowest BCUT2D eigenvalue weighted by atomic mass is 9.84. The third-order valence-electron chi connectivity index (χ3n) is 7.00. The van der Waals surface area contributed by atoms with E-state index in [1.54, 1.807) is 6.20 Å². The zero-order chi connectivity index (χ0) is 20.9. The molecule has 0 radical (unpaired) electrons. The van der Waals surface area contributed by atoms with Crippen molar-refractivity contribution < 1.29 is 5.11 Å². The molecule has 1 N–H and O–H groups in total. The Balaban J connectivity index is 1.27. The van der Waals surface area contributed by atoms with Crippen LogP contribution >= 0.6 is 11.6 Å². The van der Waals surface area contributed by atoms with E-state index in [2.05, 4.69) is 39.3 Å². The molecule has 0 spiro atoms. The highest BCUT2D eigenvalue weighted by Gasteiger charge is 2.34. The Kier molecular flexibility index (Phi) is 4.62. The fourth-order valence-corrected chi connectivity index (χ4v) is 5.41. The molecule has 1 saturated carbocycles. The minimum absolute atomic E-state index is 0.242. The van der Waals surface area contributed by atoms with Gasteiger partial charge < -0.3 is 14.4 Å². The van der Waals surface area contributed by atoms with Crippen LogP contribution in [0.3, 0.4) is 0 Å². The molecule has 0 amide bonds. The standard InChI is InChI=1S/C25H25ClN4O/c26-20-5-6-21(19-2-1-10-28-24(19)20)29-11-7-17(8-12-29)25(31)23-18(16-3-4-16)9-13-30-15-27-14-22(23)30/h1-2,5-6,9-10,13-17,25,31H,3-4,7-8,11-12H2. The van der Waals surface area contributed by atoms with Crippen LogP contribution in [-0.4, -0.2) is 32.6 Å². The van der Waals surface area contributed by atoms with Gasteiger partial charge in [-0.25, -0.2) is 4.98 Å². The highest BCUT2D eigenvalue weighted by atomic mass is 35.5. The Bertz CT molecular complexity index is 1260. The van der Waals surface area contributed by atoms with E-state index in [1.165, 1.54) is 24.1 Å². The fourth-order valence-electron chi connectivity index (χ4n) is 5.19. The molecular formula is C25H25ClN4O. The van der Waals surface area contributed by atoms with E-state index >= 15 is 0 Å². The van der Waals surface area contributed by atoms with Crippen LogP contribution < -0.4 is 4.90 Å². The zero-order valence-electron chi connectivity index (χ0n) is 17.3. The molecule has 1 saturated heterocycles. The van der Waals surface area contributed by atoms with Crippen molar-refractivity contribution in [1.82, 2.24) is 14.4 Å². The second kappa shape index (κ2) is 7.50. The lowest BCUT2D eigenvalue weighted by molar-refractivity contribution is 0.0932. The molecule has 1 atom stereocenters. The predicted octanol–water partition coefficient (Wildman–Crippen LogP) is 5.36. The van der Waals surface area contributed by atoms with Gasteiger partial charge in [0.2, 0.25) is 0 Å². The van der Waals surface area contributed by atoms with Crippen LogP contribution in [0.2, 0.25) is 5.02 Å². The first-order chi connectivity index (χ1) is 15.2. The third kappa shape index (κ3) is 3.27. The van der Waals surface area contributed by atoms with E-state index in [9.17, 15) is 5.11 Å². The van der Waals surface area contributed by atoms with Crippen molar-refractivity contribution in [2.45, 2.75) is 37.7 Å². The quantitative estimate of drug-likeness (QED) is 0.471. The van der Waals surface area contributed by atoms with Gasteiger partial charge in [-0.2, -0.15) is 0 Å². The van der Waals surface area contributed by atoms with Gasteiger partial charge in [-0.15, -0.1) is 0 Å². The Morgan fingerprint density at radius 3 is 2.71 bits per heavy atom. The van der Waals surface area contributed by atoms with Crippen molar-refractivity contribution in [3.05, 3.63) is 71.4 Å². The van der Waals surface area contributed by atoms with Crippen molar-refractivity contribution in [3.63, 3.8) is 0 Å². The summed E-state index contributed by atoms with van der Waals surface area (Å²) in [4.78, 5) is 11.2. The molecule has 158 valence electrons. The number of hydrogen-bond donors (Lipinski definition) is 1. The van der Waals surface area contributed by atoms with Gasteiger partial charge in [-0.05, 0) is 73.4 Å². The van der Waals surface area contributed by atoms with E-state index in [4.69, 9.17) is 11.6 Å². The largest absolute Gasteiger partial charge is 0.388 e. The van der Waals surface area contributed by atoms with Crippen molar-refractivity contribution in [1.29, 1.82) is 0 Å². The average molecular weight is 433 g/mol. The topological polar surface area (TPSA) is 53.7 Å². The molecule has 1 unspecified atom stereocenters. The number of fused-ring (bicyclic) bond motifs is 2. The van der Waals surface area contributed by atoms with Crippen molar-refractivity contribution in [2.75, 3.05) is 18.0 Å². The maximum absolute atomic E-state index is 11.5. The number of imidazole rings is 1. The van der Waals surface area contributed by atoms with Gasteiger partial charge in [-0.3, -0.25) is 4.98 Å². The summed E-state index contributed by atoms with van der Waals surface area (Å²) in [5.41, 5.74) is 5.50. The van der Waals surface area contributed by atoms with Gasteiger partial charge in [0, 0.05) is 42.1 Å². The Labute approximate surface area is 186 Å². The first-order valence-corrected chi connectivity index (χ1v) is 11.5. The number of benzene rings is 1. The number of halogens is 1. The first kappa shape index (κ1) is 19.1. The van der Waals surface area contributed by atoms with Gasteiger partial charge in [0.15, 0.2) is 0 Å². The highest BCUT2D eigenvalue weighted by molar-refractivity contribution is 6.35. The van der Waals surface area contributed by atoms with Gasteiger partial charge in [-0.1, -0.05) is 11.6 Å². The lowest BCUT2D eigenvalue weighted by Crippen LogP contribution is -2.36. The number of pyridine rings is 2. The van der Waals surface area contributed by atoms with Gasteiger partial charge in [0.25, 0.3) is 0 Å². The number of anilines is 1. The average Bonchev–Trinajstić information content (AvgIpc) is 3.55. The minimum atomic E-state index is -0.457. The van der Waals surface area contributed by atoms with Gasteiger partial charge in [0.05, 0.1) is 34.7 Å². The maximum Gasteiger partial charge on any atom is 0.0992 e. The summed E-state index contributed by atoms with van der Waals surface area (Å²) in [7, 11) is 0. The summed E-state index contributed by atoms with van der Waals surface area (Å²) in [5, 5.41) is 13.3. The van der Waals surface area contributed by atoms with E-state index in [0.717, 1.165) is 47.9 Å². The van der Waals surface area contributed by atoms with Crippen LogP contribution in [0.25, 0.3) is 16.4 Å². The summed E-state index contributed by atoms with van der Waals surface area (Å²) in [6, 6.07) is 10.3. The molecular weight excluding hydrogens is 408 g/mol. The van der Waals surface area contributed by atoms with Crippen LogP contribution in [-0.2, 0) is 0 Å². The summed E-state index contributed by atoms with van der Waals surface area (Å²) in [6.45, 7) is 1.82. The first-order valence-electron chi connectivity index (χ1n) is 11.1. The molecule has 1 aliphatic carbocycles. The van der Waals surface area contributed by atoms with E-state index in [0.29, 0.717) is 10.9 Å². The highest BCUT2D eigenvalue weighted by Crippen LogP contribution is 2.46. The lowest BCUT2D eigenvalue weighted by Gasteiger charge is -2.36. The second-order valence-electron chi connectivity index (χ2n) is 8.88. The molecule has 4 aromatic rings. The normalized spacial score (nSPS) is 18.7. The summed E-state index contributed by atoms with van der Waals surface area (Å²) < 4.78 is 2.03. The third-order valence-corrected chi connectivity index (χ3v) is 7.31. The Hall–Kier alpha value is -2.63. The fraction of sp³-hybridized carbons (Fsp3) is 0.360. The summed E-state index contributed by atoms with van der Waals surface area (Å²) >= 11 is 6.36. The SMILES string of the molecule is OC(c1c(C2CC2)ccn2cncc12)C1CCN(c2ccc(Cl)c3ncccc23)CC1. The number of hydrogen-bond acceptors (Lipinski definition) is 4. The maximum atomic E-state index is 11.5. The second-order valence-corrected chi connectivity index (χ2v) is 9.29.